The van der Waals surface area contributed by atoms with Gasteiger partial charge in [0.15, 0.2) is 0 Å². The lowest BCUT2D eigenvalue weighted by Gasteiger charge is -2.25. The Balaban J connectivity index is 2.02. The van der Waals surface area contributed by atoms with E-state index in [0.29, 0.717) is 12.6 Å². The highest BCUT2D eigenvalue weighted by Gasteiger charge is 2.16. The van der Waals surface area contributed by atoms with E-state index in [-0.39, 0.29) is 5.91 Å². The first-order valence-corrected chi connectivity index (χ1v) is 9.37. The van der Waals surface area contributed by atoms with Crippen molar-refractivity contribution < 1.29 is 4.79 Å². The monoisotopic (exact) mass is 394 g/mol. The molecule has 124 valence electrons. The largest absolute Gasteiger partial charge is 0.325 e. The Morgan fingerprint density at radius 3 is 2.57 bits per heavy atom. The first-order chi connectivity index (χ1) is 10.9. The maximum Gasteiger partial charge on any atom is 0.238 e. The molecule has 0 aliphatic rings. The van der Waals surface area contributed by atoms with Crippen LogP contribution >= 0.6 is 27.3 Å². The molecule has 1 amide bonds. The van der Waals surface area contributed by atoms with Crippen molar-refractivity contribution in [2.24, 2.45) is 0 Å². The molecule has 3 nitrogen and oxygen atoms in total. The molecule has 0 saturated heterocycles. The number of thiophene rings is 1. The average molecular weight is 395 g/mol. The first kappa shape index (κ1) is 18.2. The van der Waals surface area contributed by atoms with Crippen LogP contribution in [0.3, 0.4) is 0 Å². The zero-order valence-electron chi connectivity index (χ0n) is 14.0. The molecule has 0 fully saturated rings. The highest BCUT2D eigenvalue weighted by atomic mass is 79.9. The number of nitrogens with zero attached hydrogens (tertiary/aromatic N) is 1. The summed E-state index contributed by atoms with van der Waals surface area (Å²) in [5.74, 6) is 0.0262. The summed E-state index contributed by atoms with van der Waals surface area (Å²) in [6.07, 6.45) is 0. The van der Waals surface area contributed by atoms with Gasteiger partial charge in [-0.25, -0.2) is 0 Å². The van der Waals surface area contributed by atoms with E-state index in [1.807, 2.05) is 25.1 Å². The van der Waals surface area contributed by atoms with Crippen LogP contribution in [-0.4, -0.2) is 23.4 Å². The number of hydrogen-bond donors (Lipinski definition) is 1. The van der Waals surface area contributed by atoms with Crippen LogP contribution in [0.25, 0.3) is 0 Å². The lowest BCUT2D eigenvalue weighted by Crippen LogP contribution is -2.37. The number of carbonyl (C=O) groups is 1. The van der Waals surface area contributed by atoms with Crippen molar-refractivity contribution in [3.05, 3.63) is 50.1 Å². The second-order valence-electron chi connectivity index (χ2n) is 6.03. The Hall–Kier alpha value is -1.17. The van der Waals surface area contributed by atoms with Crippen LogP contribution in [0.5, 0.6) is 0 Å². The molecule has 0 atom stereocenters. The van der Waals surface area contributed by atoms with Crippen LogP contribution in [0.4, 0.5) is 5.69 Å². The molecule has 0 bridgehead atoms. The summed E-state index contributed by atoms with van der Waals surface area (Å²) in [5, 5.41) is 5.12. The van der Waals surface area contributed by atoms with Crippen LogP contribution in [0.1, 0.15) is 29.9 Å². The molecular weight excluding hydrogens is 372 g/mol. The Morgan fingerprint density at radius 2 is 2.00 bits per heavy atom. The van der Waals surface area contributed by atoms with Crippen molar-refractivity contribution in [2.45, 2.75) is 40.3 Å². The number of anilines is 1. The second-order valence-corrected chi connectivity index (χ2v) is 7.95. The molecular formula is C18H23BrN2OS. The number of hydrogen-bond acceptors (Lipinski definition) is 3. The van der Waals surface area contributed by atoms with Gasteiger partial charge in [0, 0.05) is 27.6 Å². The third-order valence-electron chi connectivity index (χ3n) is 3.85. The maximum atomic E-state index is 12.4. The zero-order valence-corrected chi connectivity index (χ0v) is 16.4. The molecule has 0 saturated carbocycles. The smallest absolute Gasteiger partial charge is 0.238 e. The molecule has 23 heavy (non-hydrogen) atoms. The van der Waals surface area contributed by atoms with Crippen molar-refractivity contribution >= 4 is 38.9 Å². The quantitative estimate of drug-likeness (QED) is 0.749. The van der Waals surface area contributed by atoms with Crippen molar-refractivity contribution in [2.75, 3.05) is 11.9 Å². The first-order valence-electron chi connectivity index (χ1n) is 7.70. The average Bonchev–Trinajstić information content (AvgIpc) is 2.86. The molecule has 0 aliphatic carbocycles. The summed E-state index contributed by atoms with van der Waals surface area (Å²) in [4.78, 5) is 15.9. The van der Waals surface area contributed by atoms with Gasteiger partial charge in [0.2, 0.25) is 5.91 Å². The summed E-state index contributed by atoms with van der Waals surface area (Å²) in [5.41, 5.74) is 3.22. The van der Waals surface area contributed by atoms with Gasteiger partial charge in [0.25, 0.3) is 0 Å². The predicted octanol–water partition coefficient (Wildman–Crippen LogP) is 4.98. The lowest BCUT2D eigenvalue weighted by molar-refractivity contribution is -0.117. The molecule has 0 unspecified atom stereocenters. The molecule has 0 radical (unpaired) electrons. The van der Waals surface area contributed by atoms with Crippen LogP contribution in [-0.2, 0) is 11.3 Å². The standard InChI is InChI=1S/C18H23BrN2OS/c1-12(2)21(10-17-13(3)7-8-23-17)11-18(22)20-16-6-5-15(19)9-14(16)4/h5-9,12H,10-11H2,1-4H3,(H,20,22). The fourth-order valence-electron chi connectivity index (χ4n) is 2.31. The molecule has 1 heterocycles. The summed E-state index contributed by atoms with van der Waals surface area (Å²) < 4.78 is 1.02. The molecule has 1 aromatic carbocycles. The van der Waals surface area contributed by atoms with Crippen molar-refractivity contribution in [3.63, 3.8) is 0 Å². The van der Waals surface area contributed by atoms with Gasteiger partial charge in [-0.15, -0.1) is 11.3 Å². The molecule has 5 heteroatoms. The summed E-state index contributed by atoms with van der Waals surface area (Å²) >= 11 is 5.19. The van der Waals surface area contributed by atoms with Crippen molar-refractivity contribution in [1.29, 1.82) is 0 Å². The molecule has 0 spiro atoms. The SMILES string of the molecule is Cc1cc(Br)ccc1NC(=O)CN(Cc1sccc1C)C(C)C. The van der Waals surface area contributed by atoms with Crippen LogP contribution < -0.4 is 5.32 Å². The fourth-order valence-corrected chi connectivity index (χ4v) is 3.72. The number of halogens is 1. The minimum atomic E-state index is 0.0262. The molecule has 0 aliphatic heterocycles. The summed E-state index contributed by atoms with van der Waals surface area (Å²) in [6, 6.07) is 8.32. The van der Waals surface area contributed by atoms with Gasteiger partial charge in [-0.3, -0.25) is 9.69 Å². The zero-order chi connectivity index (χ0) is 17.0. The summed E-state index contributed by atoms with van der Waals surface area (Å²) in [7, 11) is 0. The number of rotatable bonds is 6. The van der Waals surface area contributed by atoms with Gasteiger partial charge in [-0.1, -0.05) is 15.9 Å². The minimum Gasteiger partial charge on any atom is -0.325 e. The summed E-state index contributed by atoms with van der Waals surface area (Å²) in [6.45, 7) is 9.58. The maximum absolute atomic E-state index is 12.4. The van der Waals surface area contributed by atoms with Gasteiger partial charge in [-0.05, 0) is 68.5 Å². The minimum absolute atomic E-state index is 0.0262. The number of aryl methyl sites for hydroxylation is 2. The van der Waals surface area contributed by atoms with Gasteiger partial charge >= 0.3 is 0 Å². The Bertz CT molecular complexity index is 681. The number of carbonyl (C=O) groups excluding carboxylic acids is 1. The van der Waals surface area contributed by atoms with E-state index in [0.717, 1.165) is 22.3 Å². The Kier molecular flexibility index (Phi) is 6.39. The number of nitrogens with one attached hydrogen (secondary N) is 1. The van der Waals surface area contributed by atoms with Crippen molar-refractivity contribution in [3.8, 4) is 0 Å². The van der Waals surface area contributed by atoms with E-state index in [2.05, 4.69) is 58.4 Å². The topological polar surface area (TPSA) is 32.3 Å². The number of benzene rings is 1. The Morgan fingerprint density at radius 1 is 1.26 bits per heavy atom. The van der Waals surface area contributed by atoms with E-state index < -0.39 is 0 Å². The van der Waals surface area contributed by atoms with Crippen LogP contribution in [0.2, 0.25) is 0 Å². The highest BCUT2D eigenvalue weighted by molar-refractivity contribution is 9.10. The van der Waals surface area contributed by atoms with Crippen LogP contribution in [0, 0.1) is 13.8 Å². The molecule has 1 N–H and O–H groups in total. The van der Waals surface area contributed by atoms with Gasteiger partial charge in [-0.2, -0.15) is 0 Å². The van der Waals surface area contributed by atoms with Crippen LogP contribution in [0.15, 0.2) is 34.1 Å². The highest BCUT2D eigenvalue weighted by Crippen LogP contribution is 2.21. The number of amides is 1. The molecule has 2 aromatic rings. The normalized spacial score (nSPS) is 11.3. The molecule has 2 rings (SSSR count). The molecule has 1 aromatic heterocycles. The van der Waals surface area contributed by atoms with Gasteiger partial charge in [0.05, 0.1) is 6.54 Å². The van der Waals surface area contributed by atoms with E-state index >= 15 is 0 Å². The fraction of sp³-hybridized carbons (Fsp3) is 0.389. The van der Waals surface area contributed by atoms with E-state index in [1.165, 1.54) is 10.4 Å². The van der Waals surface area contributed by atoms with E-state index in [1.54, 1.807) is 11.3 Å². The van der Waals surface area contributed by atoms with Crippen molar-refractivity contribution in [1.82, 2.24) is 4.90 Å². The lowest BCUT2D eigenvalue weighted by atomic mass is 10.2. The third-order valence-corrected chi connectivity index (χ3v) is 5.36. The second kappa shape index (κ2) is 8.08. The van der Waals surface area contributed by atoms with E-state index in [4.69, 9.17) is 0 Å². The van der Waals surface area contributed by atoms with E-state index in [9.17, 15) is 4.79 Å². The van der Waals surface area contributed by atoms with Gasteiger partial charge in [0.1, 0.15) is 0 Å². The third kappa shape index (κ3) is 5.16. The van der Waals surface area contributed by atoms with Gasteiger partial charge < -0.3 is 5.32 Å². The Labute approximate surface area is 150 Å². The predicted molar refractivity (Wildman–Crippen MR) is 102 cm³/mol.